The van der Waals surface area contributed by atoms with Gasteiger partial charge < -0.3 is 10.2 Å². The molecule has 2 amide bonds. The van der Waals surface area contributed by atoms with Gasteiger partial charge >= 0.3 is 0 Å². The molecule has 0 bridgehead atoms. The molecular formula is C21H24Cl2FN3O4S. The normalized spacial score (nSPS) is 12.2. The van der Waals surface area contributed by atoms with Crippen molar-refractivity contribution in [3.8, 4) is 0 Å². The number of carbonyl (C=O) groups excluding carboxylic acids is 2. The fourth-order valence-corrected chi connectivity index (χ4v) is 4.36. The van der Waals surface area contributed by atoms with Gasteiger partial charge in [-0.15, -0.1) is 0 Å². The number of benzene rings is 2. The van der Waals surface area contributed by atoms with E-state index in [1.54, 1.807) is 13.0 Å². The molecule has 0 aromatic heterocycles. The van der Waals surface area contributed by atoms with Gasteiger partial charge in [-0.3, -0.25) is 13.9 Å². The van der Waals surface area contributed by atoms with Crippen molar-refractivity contribution < 1.29 is 22.4 Å². The van der Waals surface area contributed by atoms with Gasteiger partial charge in [0.2, 0.25) is 21.8 Å². The average molecular weight is 504 g/mol. The fraction of sp³-hybridized carbons (Fsp3) is 0.333. The number of carbonyl (C=O) groups is 2. The lowest BCUT2D eigenvalue weighted by Crippen LogP contribution is -2.51. The minimum atomic E-state index is -3.92. The molecule has 0 heterocycles. The number of sulfonamides is 1. The highest BCUT2D eigenvalue weighted by atomic mass is 35.5. The third-order valence-electron chi connectivity index (χ3n) is 4.63. The summed E-state index contributed by atoms with van der Waals surface area (Å²) in [5.74, 6) is -1.70. The summed E-state index contributed by atoms with van der Waals surface area (Å²) >= 11 is 12.0. The number of nitrogens with one attached hydrogen (secondary N) is 1. The van der Waals surface area contributed by atoms with E-state index in [-0.39, 0.29) is 27.8 Å². The van der Waals surface area contributed by atoms with Crippen LogP contribution in [0, 0.1) is 5.82 Å². The van der Waals surface area contributed by atoms with Crippen LogP contribution in [0.2, 0.25) is 10.0 Å². The van der Waals surface area contributed by atoms with E-state index < -0.39 is 40.2 Å². The summed E-state index contributed by atoms with van der Waals surface area (Å²) in [7, 11) is -3.92. The first-order valence-corrected chi connectivity index (χ1v) is 12.3. The molecule has 0 aliphatic carbocycles. The van der Waals surface area contributed by atoms with Crippen LogP contribution in [0.5, 0.6) is 0 Å². The van der Waals surface area contributed by atoms with Crippen molar-refractivity contribution in [2.45, 2.75) is 26.4 Å². The molecule has 7 nitrogen and oxygen atoms in total. The molecule has 0 unspecified atom stereocenters. The maximum atomic E-state index is 14.3. The number of nitrogens with zero attached hydrogens (tertiary/aromatic N) is 2. The maximum Gasteiger partial charge on any atom is 0.244 e. The van der Waals surface area contributed by atoms with Crippen molar-refractivity contribution in [2.75, 3.05) is 23.7 Å². The van der Waals surface area contributed by atoms with Crippen LogP contribution in [0.3, 0.4) is 0 Å². The van der Waals surface area contributed by atoms with E-state index >= 15 is 0 Å². The monoisotopic (exact) mass is 503 g/mol. The molecule has 1 N–H and O–H groups in total. The van der Waals surface area contributed by atoms with Gasteiger partial charge in [0.25, 0.3) is 0 Å². The van der Waals surface area contributed by atoms with Crippen molar-refractivity contribution in [2.24, 2.45) is 0 Å². The summed E-state index contributed by atoms with van der Waals surface area (Å²) in [5, 5.41) is 2.99. The minimum absolute atomic E-state index is 0.0925. The van der Waals surface area contributed by atoms with Crippen LogP contribution < -0.4 is 9.62 Å². The van der Waals surface area contributed by atoms with E-state index in [0.29, 0.717) is 6.54 Å². The second-order valence-electron chi connectivity index (χ2n) is 7.08. The van der Waals surface area contributed by atoms with Gasteiger partial charge in [-0.1, -0.05) is 41.4 Å². The van der Waals surface area contributed by atoms with Crippen molar-refractivity contribution >= 4 is 50.7 Å². The van der Waals surface area contributed by atoms with Gasteiger partial charge in [0.15, 0.2) is 0 Å². The number of rotatable bonds is 9. The van der Waals surface area contributed by atoms with Gasteiger partial charge in [0, 0.05) is 28.7 Å². The SMILES string of the molecule is CCNC(=O)[C@@H](C)N(Cc1ccccc1F)C(=O)CN(c1cc(Cl)cc(Cl)c1)S(C)(=O)=O. The van der Waals surface area contributed by atoms with Gasteiger partial charge in [-0.2, -0.15) is 0 Å². The fourth-order valence-electron chi connectivity index (χ4n) is 3.01. The lowest BCUT2D eigenvalue weighted by Gasteiger charge is -2.31. The molecule has 11 heteroatoms. The Morgan fingerprint density at radius 2 is 1.72 bits per heavy atom. The Morgan fingerprint density at radius 1 is 1.12 bits per heavy atom. The van der Waals surface area contributed by atoms with Crippen LogP contribution in [-0.4, -0.2) is 50.5 Å². The van der Waals surface area contributed by atoms with Crippen LogP contribution in [-0.2, 0) is 26.2 Å². The van der Waals surface area contributed by atoms with Crippen LogP contribution in [0.15, 0.2) is 42.5 Å². The molecule has 0 spiro atoms. The minimum Gasteiger partial charge on any atom is -0.355 e. The molecule has 32 heavy (non-hydrogen) atoms. The molecule has 0 aliphatic heterocycles. The zero-order valence-electron chi connectivity index (χ0n) is 17.8. The number of halogens is 3. The Morgan fingerprint density at radius 3 is 2.25 bits per heavy atom. The van der Waals surface area contributed by atoms with Gasteiger partial charge in [-0.05, 0) is 38.1 Å². The van der Waals surface area contributed by atoms with Crippen LogP contribution >= 0.6 is 23.2 Å². The van der Waals surface area contributed by atoms with Crippen molar-refractivity contribution in [1.29, 1.82) is 0 Å². The highest BCUT2D eigenvalue weighted by Gasteiger charge is 2.30. The number of likely N-dealkylation sites (N-methyl/N-ethyl adjacent to an activating group) is 1. The van der Waals surface area contributed by atoms with E-state index in [4.69, 9.17) is 23.2 Å². The lowest BCUT2D eigenvalue weighted by atomic mass is 10.1. The maximum absolute atomic E-state index is 14.3. The molecule has 1 atom stereocenters. The smallest absolute Gasteiger partial charge is 0.244 e. The molecule has 2 rings (SSSR count). The van der Waals surface area contributed by atoms with Crippen LogP contribution in [0.4, 0.5) is 10.1 Å². The summed E-state index contributed by atoms with van der Waals surface area (Å²) in [6.45, 7) is 2.69. The van der Waals surface area contributed by atoms with E-state index in [1.807, 2.05) is 0 Å². The zero-order valence-corrected chi connectivity index (χ0v) is 20.1. The quantitative estimate of drug-likeness (QED) is 0.567. The largest absolute Gasteiger partial charge is 0.355 e. The molecular weight excluding hydrogens is 480 g/mol. The number of anilines is 1. The Hall–Kier alpha value is -2.36. The molecule has 2 aromatic rings. The molecule has 0 saturated heterocycles. The van der Waals surface area contributed by atoms with E-state index in [2.05, 4.69) is 5.32 Å². The number of hydrogen-bond acceptors (Lipinski definition) is 4. The van der Waals surface area contributed by atoms with Gasteiger partial charge in [0.1, 0.15) is 18.4 Å². The first kappa shape index (κ1) is 25.9. The third kappa shape index (κ3) is 6.82. The Balaban J connectivity index is 2.43. The zero-order chi connectivity index (χ0) is 24.1. The predicted molar refractivity (Wildman–Crippen MR) is 124 cm³/mol. The number of hydrogen-bond donors (Lipinski definition) is 1. The Labute approximate surface area is 197 Å². The molecule has 0 radical (unpaired) electrons. The highest BCUT2D eigenvalue weighted by Crippen LogP contribution is 2.27. The molecule has 0 saturated carbocycles. The average Bonchev–Trinajstić information content (AvgIpc) is 2.69. The van der Waals surface area contributed by atoms with Crippen molar-refractivity contribution in [1.82, 2.24) is 10.2 Å². The van der Waals surface area contributed by atoms with Crippen molar-refractivity contribution in [3.63, 3.8) is 0 Å². The van der Waals surface area contributed by atoms with Crippen LogP contribution in [0.1, 0.15) is 19.4 Å². The molecule has 2 aromatic carbocycles. The highest BCUT2D eigenvalue weighted by molar-refractivity contribution is 7.92. The second-order valence-corrected chi connectivity index (χ2v) is 9.86. The molecule has 0 aliphatic rings. The molecule has 0 fully saturated rings. The van der Waals surface area contributed by atoms with E-state index in [9.17, 15) is 22.4 Å². The predicted octanol–water partition coefficient (Wildman–Crippen LogP) is 3.45. The van der Waals surface area contributed by atoms with E-state index in [0.717, 1.165) is 15.5 Å². The first-order valence-electron chi connectivity index (χ1n) is 9.68. The first-order chi connectivity index (χ1) is 14.9. The second kappa shape index (κ2) is 11.0. The van der Waals surface area contributed by atoms with Crippen molar-refractivity contribution in [3.05, 3.63) is 63.9 Å². The number of amides is 2. The third-order valence-corrected chi connectivity index (χ3v) is 6.21. The van der Waals surface area contributed by atoms with Gasteiger partial charge in [-0.25, -0.2) is 12.8 Å². The lowest BCUT2D eigenvalue weighted by molar-refractivity contribution is -0.139. The summed E-state index contributed by atoms with van der Waals surface area (Å²) < 4.78 is 40.0. The van der Waals surface area contributed by atoms with Gasteiger partial charge in [0.05, 0.1) is 11.9 Å². The summed E-state index contributed by atoms with van der Waals surface area (Å²) in [4.78, 5) is 26.8. The molecule has 174 valence electrons. The summed E-state index contributed by atoms with van der Waals surface area (Å²) in [6, 6.07) is 9.01. The Bertz CT molecular complexity index is 1080. The summed E-state index contributed by atoms with van der Waals surface area (Å²) in [6.07, 6.45) is 0.934. The standard InChI is InChI=1S/C21H24Cl2FN3O4S/c1-4-25-21(29)14(2)26(12-15-7-5-6-8-19(15)24)20(28)13-27(32(3,30)31)18-10-16(22)9-17(23)11-18/h5-11,14H,4,12-13H2,1-3H3,(H,25,29)/t14-/m1/s1. The van der Waals surface area contributed by atoms with Crippen LogP contribution in [0.25, 0.3) is 0 Å². The summed E-state index contributed by atoms with van der Waals surface area (Å²) in [5.41, 5.74) is 0.281. The van der Waals surface area contributed by atoms with E-state index in [1.165, 1.54) is 43.3 Å². The Kier molecular flexibility index (Phi) is 8.89. The topological polar surface area (TPSA) is 86.8 Å².